The molecule has 3 rings (SSSR count). The van der Waals surface area contributed by atoms with Crippen molar-refractivity contribution < 1.29 is 18.7 Å². The van der Waals surface area contributed by atoms with Crippen LogP contribution in [0, 0.1) is 18.3 Å². The molecule has 3 aromatic rings. The van der Waals surface area contributed by atoms with E-state index < -0.39 is 0 Å². The number of rotatable bonds is 9. The van der Waals surface area contributed by atoms with Crippen LogP contribution in [0.4, 0.5) is 10.8 Å². The van der Waals surface area contributed by atoms with Crippen LogP contribution in [0.5, 0.6) is 5.75 Å². The molecule has 0 saturated carbocycles. The first kappa shape index (κ1) is 22.1. The zero-order valence-electron chi connectivity index (χ0n) is 17.3. The maximum Gasteiger partial charge on any atom is 0.260 e. The topological polar surface area (TPSA) is 108 Å². The summed E-state index contributed by atoms with van der Waals surface area (Å²) in [6, 6.07) is 10.8. The summed E-state index contributed by atoms with van der Waals surface area (Å²) in [7, 11) is 0. The molecule has 0 aliphatic heterocycles. The van der Waals surface area contributed by atoms with Crippen LogP contribution in [0.1, 0.15) is 35.2 Å². The third-order valence-corrected chi connectivity index (χ3v) is 5.22. The predicted molar refractivity (Wildman–Crippen MR) is 117 cm³/mol. The van der Waals surface area contributed by atoms with Gasteiger partial charge in [0, 0.05) is 17.6 Å². The van der Waals surface area contributed by atoms with Gasteiger partial charge in [-0.15, -0.1) is 11.3 Å². The quantitative estimate of drug-likeness (QED) is 0.537. The highest BCUT2D eigenvalue weighted by molar-refractivity contribution is 7.14. The normalized spacial score (nSPS) is 10.4. The van der Waals surface area contributed by atoms with E-state index in [1.54, 1.807) is 47.5 Å². The lowest BCUT2D eigenvalue weighted by molar-refractivity contribution is -0.118. The van der Waals surface area contributed by atoms with Gasteiger partial charge in [-0.1, -0.05) is 0 Å². The first-order valence-corrected chi connectivity index (χ1v) is 10.6. The highest BCUT2D eigenvalue weighted by Gasteiger charge is 2.19. The number of ether oxygens (including phenoxy) is 1. The Hall–Kier alpha value is -3.64. The fraction of sp³-hybridized carbons (Fsp3) is 0.273. The van der Waals surface area contributed by atoms with Crippen molar-refractivity contribution in [3.63, 3.8) is 0 Å². The van der Waals surface area contributed by atoms with Gasteiger partial charge >= 0.3 is 0 Å². The fourth-order valence-corrected chi connectivity index (χ4v) is 3.63. The third kappa shape index (κ3) is 5.71. The van der Waals surface area contributed by atoms with Crippen LogP contribution in [0.15, 0.2) is 46.4 Å². The molecule has 0 spiro atoms. The number of thiazole rings is 1. The largest absolute Gasteiger partial charge is 0.494 e. The second-order valence-corrected chi connectivity index (χ2v) is 7.40. The molecular formula is C22H22N4O4S. The summed E-state index contributed by atoms with van der Waals surface area (Å²) >= 11 is 1.24. The molecule has 8 nitrogen and oxygen atoms in total. The van der Waals surface area contributed by atoms with Gasteiger partial charge in [0.05, 0.1) is 43.0 Å². The third-order valence-electron chi connectivity index (χ3n) is 4.42. The molecule has 2 amide bonds. The van der Waals surface area contributed by atoms with E-state index in [9.17, 15) is 9.59 Å². The molecule has 0 fully saturated rings. The second-order valence-electron chi connectivity index (χ2n) is 6.55. The minimum Gasteiger partial charge on any atom is -0.494 e. The van der Waals surface area contributed by atoms with Gasteiger partial charge in [0.25, 0.3) is 5.91 Å². The second kappa shape index (κ2) is 10.4. The molecule has 0 bridgehead atoms. The monoisotopic (exact) mass is 438 g/mol. The summed E-state index contributed by atoms with van der Waals surface area (Å²) < 4.78 is 10.6. The van der Waals surface area contributed by atoms with Gasteiger partial charge in [0.1, 0.15) is 11.5 Å². The maximum atomic E-state index is 12.9. The van der Waals surface area contributed by atoms with Crippen LogP contribution in [0.3, 0.4) is 0 Å². The number of hydrogen-bond donors (Lipinski definition) is 1. The summed E-state index contributed by atoms with van der Waals surface area (Å²) in [5.41, 5.74) is 1.66. The van der Waals surface area contributed by atoms with E-state index in [4.69, 9.17) is 14.4 Å². The molecule has 0 radical (unpaired) electrons. The van der Waals surface area contributed by atoms with E-state index in [0.717, 1.165) is 0 Å². The summed E-state index contributed by atoms with van der Waals surface area (Å²) in [4.78, 5) is 31.1. The molecule has 1 aromatic carbocycles. The smallest absolute Gasteiger partial charge is 0.260 e. The summed E-state index contributed by atoms with van der Waals surface area (Å²) in [6.45, 7) is 4.44. The zero-order chi connectivity index (χ0) is 22.2. The van der Waals surface area contributed by atoms with Crippen molar-refractivity contribution in [2.75, 3.05) is 23.4 Å². The van der Waals surface area contributed by atoms with Crippen molar-refractivity contribution in [1.29, 1.82) is 5.26 Å². The van der Waals surface area contributed by atoms with Crippen molar-refractivity contribution in [3.8, 4) is 11.8 Å². The Bertz CT molecular complexity index is 1080. The number of hydrogen-bond acceptors (Lipinski definition) is 7. The number of amides is 2. The highest BCUT2D eigenvalue weighted by Crippen LogP contribution is 2.22. The highest BCUT2D eigenvalue weighted by atomic mass is 32.1. The molecule has 9 heteroatoms. The molecule has 0 atom stereocenters. The number of furan rings is 1. The summed E-state index contributed by atoms with van der Waals surface area (Å²) in [5, 5.41) is 13.8. The Morgan fingerprint density at radius 1 is 1.29 bits per heavy atom. The van der Waals surface area contributed by atoms with Gasteiger partial charge in [0.2, 0.25) is 5.91 Å². The van der Waals surface area contributed by atoms with Gasteiger partial charge in [-0.2, -0.15) is 5.26 Å². The Morgan fingerprint density at radius 3 is 2.71 bits per heavy atom. The van der Waals surface area contributed by atoms with Gasteiger partial charge in [-0.05, 0) is 44.2 Å². The van der Waals surface area contributed by atoms with Crippen LogP contribution in [0.25, 0.3) is 0 Å². The minimum absolute atomic E-state index is 0.0513. The number of nitriles is 1. The number of aryl methyl sites for hydroxylation is 1. The van der Waals surface area contributed by atoms with E-state index in [1.807, 2.05) is 6.92 Å². The lowest BCUT2D eigenvalue weighted by atomic mass is 10.2. The molecule has 31 heavy (non-hydrogen) atoms. The molecule has 160 valence electrons. The van der Waals surface area contributed by atoms with Crippen molar-refractivity contribution in [3.05, 3.63) is 59.0 Å². The number of benzene rings is 1. The lowest BCUT2D eigenvalue weighted by Crippen LogP contribution is -2.33. The lowest BCUT2D eigenvalue weighted by Gasteiger charge is -2.21. The number of anilines is 2. The standard InChI is InChI=1S/C22H22N4O4S/c1-3-29-18-7-5-17(6-8-18)26(11-4-10-23)20(27)13-16-14-31-22(24-16)25-21(28)19-9-12-30-15(19)2/h5-9,12,14H,3-4,11,13H2,1-2H3,(H,24,25,28). The number of aromatic nitrogens is 1. The van der Waals surface area contributed by atoms with E-state index in [0.29, 0.717) is 40.2 Å². The molecule has 2 aromatic heterocycles. The molecular weight excluding hydrogens is 416 g/mol. The Morgan fingerprint density at radius 2 is 2.06 bits per heavy atom. The van der Waals surface area contributed by atoms with Crippen LogP contribution < -0.4 is 15.0 Å². The van der Waals surface area contributed by atoms with Crippen LogP contribution in [0.2, 0.25) is 0 Å². The molecule has 2 heterocycles. The average Bonchev–Trinajstić information content (AvgIpc) is 3.38. The fourth-order valence-electron chi connectivity index (χ4n) is 2.93. The van der Waals surface area contributed by atoms with E-state index in [-0.39, 0.29) is 31.2 Å². The minimum atomic E-state index is -0.316. The summed E-state index contributed by atoms with van der Waals surface area (Å²) in [5.74, 6) is 0.733. The number of nitrogens with one attached hydrogen (secondary N) is 1. The van der Waals surface area contributed by atoms with Crippen molar-refractivity contribution in [2.45, 2.75) is 26.7 Å². The molecule has 0 aliphatic carbocycles. The van der Waals surface area contributed by atoms with E-state index >= 15 is 0 Å². The first-order chi connectivity index (χ1) is 15.0. The zero-order valence-corrected chi connectivity index (χ0v) is 18.1. The Labute approximate surface area is 184 Å². The summed E-state index contributed by atoms with van der Waals surface area (Å²) in [6.07, 6.45) is 1.71. The average molecular weight is 439 g/mol. The predicted octanol–water partition coefficient (Wildman–Crippen LogP) is 4.18. The first-order valence-electron chi connectivity index (χ1n) is 9.71. The molecule has 0 unspecified atom stereocenters. The van der Waals surface area contributed by atoms with Gasteiger partial charge < -0.3 is 14.1 Å². The van der Waals surface area contributed by atoms with Crippen LogP contribution in [-0.2, 0) is 11.2 Å². The van der Waals surface area contributed by atoms with Crippen LogP contribution >= 0.6 is 11.3 Å². The van der Waals surface area contributed by atoms with Crippen molar-refractivity contribution in [1.82, 2.24) is 4.98 Å². The van der Waals surface area contributed by atoms with Gasteiger partial charge in [-0.3, -0.25) is 14.9 Å². The maximum absolute atomic E-state index is 12.9. The Balaban J connectivity index is 1.68. The van der Waals surface area contributed by atoms with Crippen molar-refractivity contribution in [2.24, 2.45) is 0 Å². The van der Waals surface area contributed by atoms with E-state index in [2.05, 4.69) is 16.4 Å². The van der Waals surface area contributed by atoms with Gasteiger partial charge in [0.15, 0.2) is 5.13 Å². The van der Waals surface area contributed by atoms with E-state index in [1.165, 1.54) is 17.6 Å². The SMILES string of the molecule is CCOc1ccc(N(CCC#N)C(=O)Cc2csc(NC(=O)c3ccoc3C)n2)cc1. The number of carbonyl (C=O) groups is 2. The number of carbonyl (C=O) groups excluding carboxylic acids is 2. The van der Waals surface area contributed by atoms with Crippen molar-refractivity contribution >= 4 is 34.0 Å². The van der Waals surface area contributed by atoms with Crippen LogP contribution in [-0.4, -0.2) is 29.9 Å². The number of nitrogens with zero attached hydrogens (tertiary/aromatic N) is 3. The molecule has 0 saturated heterocycles. The van der Waals surface area contributed by atoms with Gasteiger partial charge in [-0.25, -0.2) is 4.98 Å². The Kier molecular flexibility index (Phi) is 7.40. The molecule has 1 N–H and O–H groups in total. The molecule has 0 aliphatic rings.